The van der Waals surface area contributed by atoms with Crippen LogP contribution in [0.4, 0.5) is 8.78 Å². The molecule has 0 aliphatic carbocycles. The van der Waals surface area contributed by atoms with Gasteiger partial charge in [0.25, 0.3) is 0 Å². The maximum absolute atomic E-state index is 13.3. The van der Waals surface area contributed by atoms with Crippen molar-refractivity contribution in [1.82, 2.24) is 4.98 Å². The van der Waals surface area contributed by atoms with Gasteiger partial charge < -0.3 is 4.74 Å². The van der Waals surface area contributed by atoms with Crippen molar-refractivity contribution >= 4 is 11.6 Å². The van der Waals surface area contributed by atoms with Gasteiger partial charge in [0.1, 0.15) is 16.7 Å². The molecule has 0 fully saturated rings. The Balaban J connectivity index is 2.37. The summed E-state index contributed by atoms with van der Waals surface area (Å²) in [7, 11) is 0. The zero-order chi connectivity index (χ0) is 12.4. The van der Waals surface area contributed by atoms with Crippen LogP contribution < -0.4 is 4.74 Å². The van der Waals surface area contributed by atoms with E-state index in [0.29, 0.717) is 11.3 Å². The molecule has 0 saturated carbocycles. The summed E-state index contributed by atoms with van der Waals surface area (Å²) in [6, 6.07) is 4.45. The number of halogens is 3. The molecule has 0 spiro atoms. The molecule has 0 N–H and O–H groups in total. The van der Waals surface area contributed by atoms with Crippen molar-refractivity contribution in [1.29, 1.82) is 0 Å². The van der Waals surface area contributed by atoms with E-state index in [-0.39, 0.29) is 10.9 Å². The molecule has 0 atom stereocenters. The molecule has 2 nitrogen and oxygen atoms in total. The Morgan fingerprint density at radius 2 is 1.94 bits per heavy atom. The van der Waals surface area contributed by atoms with Crippen molar-refractivity contribution in [3.05, 3.63) is 52.8 Å². The predicted molar refractivity (Wildman–Crippen MR) is 60.4 cm³/mol. The zero-order valence-corrected chi connectivity index (χ0v) is 9.63. The first-order chi connectivity index (χ1) is 8.06. The first-order valence-electron chi connectivity index (χ1n) is 4.81. The minimum absolute atomic E-state index is 0.185. The molecule has 1 aromatic carbocycles. The molecule has 2 rings (SSSR count). The van der Waals surface area contributed by atoms with Crippen LogP contribution in [0.3, 0.4) is 0 Å². The number of ether oxygens (including phenoxy) is 1. The minimum atomic E-state index is -0.640. The van der Waals surface area contributed by atoms with Crippen LogP contribution in [0.15, 0.2) is 30.5 Å². The van der Waals surface area contributed by atoms with Gasteiger partial charge in [0.2, 0.25) is 0 Å². The lowest BCUT2D eigenvalue weighted by Gasteiger charge is -2.09. The van der Waals surface area contributed by atoms with Gasteiger partial charge in [-0.15, -0.1) is 0 Å². The number of nitrogens with zero attached hydrogens (tertiary/aromatic N) is 1. The molecule has 0 unspecified atom stereocenters. The van der Waals surface area contributed by atoms with Crippen LogP contribution in [0.25, 0.3) is 0 Å². The third-order valence-electron chi connectivity index (χ3n) is 2.13. The fourth-order valence-electron chi connectivity index (χ4n) is 1.27. The van der Waals surface area contributed by atoms with Crippen LogP contribution in [0.1, 0.15) is 5.56 Å². The van der Waals surface area contributed by atoms with Crippen molar-refractivity contribution in [2.24, 2.45) is 0 Å². The number of hydrogen-bond donors (Lipinski definition) is 0. The van der Waals surface area contributed by atoms with Crippen LogP contribution in [-0.4, -0.2) is 4.98 Å². The zero-order valence-electron chi connectivity index (χ0n) is 8.88. The second-order valence-electron chi connectivity index (χ2n) is 3.45. The first kappa shape index (κ1) is 11.8. The molecule has 0 amide bonds. The Labute approximate surface area is 102 Å². The molecule has 0 bridgehead atoms. The molecule has 0 aliphatic heterocycles. The first-order valence-corrected chi connectivity index (χ1v) is 5.19. The van der Waals surface area contributed by atoms with Gasteiger partial charge >= 0.3 is 0 Å². The topological polar surface area (TPSA) is 22.1 Å². The second-order valence-corrected chi connectivity index (χ2v) is 3.84. The molecular weight excluding hydrogens is 248 g/mol. The smallest absolute Gasteiger partial charge is 0.165 e. The van der Waals surface area contributed by atoms with E-state index >= 15 is 0 Å². The largest absolute Gasteiger partial charge is 0.454 e. The van der Waals surface area contributed by atoms with Gasteiger partial charge in [0.15, 0.2) is 11.6 Å². The summed E-state index contributed by atoms with van der Waals surface area (Å²) in [4.78, 5) is 3.84. The van der Waals surface area contributed by atoms with E-state index in [1.807, 2.05) is 0 Å². The Kier molecular flexibility index (Phi) is 3.24. The Morgan fingerprint density at radius 3 is 2.71 bits per heavy atom. The lowest BCUT2D eigenvalue weighted by molar-refractivity contribution is 0.433. The van der Waals surface area contributed by atoms with Gasteiger partial charge in [-0.05, 0) is 19.1 Å². The van der Waals surface area contributed by atoms with Gasteiger partial charge in [-0.1, -0.05) is 11.6 Å². The Morgan fingerprint density at radius 1 is 1.18 bits per heavy atom. The summed E-state index contributed by atoms with van der Waals surface area (Å²) in [6.45, 7) is 1.73. The van der Waals surface area contributed by atoms with Crippen molar-refractivity contribution in [3.63, 3.8) is 0 Å². The molecule has 0 radical (unpaired) electrons. The normalized spacial score (nSPS) is 10.4. The number of benzene rings is 1. The van der Waals surface area contributed by atoms with E-state index in [0.717, 1.165) is 18.2 Å². The van der Waals surface area contributed by atoms with Crippen molar-refractivity contribution in [2.45, 2.75) is 6.92 Å². The average molecular weight is 256 g/mol. The van der Waals surface area contributed by atoms with E-state index in [4.69, 9.17) is 16.3 Å². The summed E-state index contributed by atoms with van der Waals surface area (Å²) in [5.74, 6) is -1.05. The van der Waals surface area contributed by atoms with Crippen molar-refractivity contribution in [2.75, 3.05) is 0 Å². The number of rotatable bonds is 2. The molecule has 5 heteroatoms. The van der Waals surface area contributed by atoms with Gasteiger partial charge in [-0.25, -0.2) is 13.8 Å². The highest BCUT2D eigenvalue weighted by molar-refractivity contribution is 6.29. The van der Waals surface area contributed by atoms with Gasteiger partial charge in [-0.3, -0.25) is 0 Å². The molecule has 1 aromatic heterocycles. The maximum Gasteiger partial charge on any atom is 0.165 e. The van der Waals surface area contributed by atoms with E-state index in [1.165, 1.54) is 12.3 Å². The summed E-state index contributed by atoms with van der Waals surface area (Å²) < 4.78 is 31.6. The molecule has 0 aliphatic rings. The lowest BCUT2D eigenvalue weighted by atomic mass is 10.3. The molecule has 2 aromatic rings. The van der Waals surface area contributed by atoms with Crippen LogP contribution in [0.2, 0.25) is 5.15 Å². The number of hydrogen-bond acceptors (Lipinski definition) is 2. The highest BCUT2D eigenvalue weighted by atomic mass is 35.5. The van der Waals surface area contributed by atoms with Crippen molar-refractivity contribution in [3.8, 4) is 11.5 Å². The second kappa shape index (κ2) is 4.67. The average Bonchev–Trinajstić information content (AvgIpc) is 2.28. The third kappa shape index (κ3) is 2.71. The van der Waals surface area contributed by atoms with Gasteiger partial charge in [0, 0.05) is 23.9 Å². The Hall–Kier alpha value is -1.68. The van der Waals surface area contributed by atoms with Gasteiger partial charge in [-0.2, -0.15) is 0 Å². The quantitative estimate of drug-likeness (QED) is 0.754. The van der Waals surface area contributed by atoms with E-state index in [2.05, 4.69) is 4.98 Å². The molecule has 0 saturated heterocycles. The standard InChI is InChI=1S/C12H8ClF2NO/c1-7-6-16-12(13)5-10(7)17-11-4-8(14)2-3-9(11)15/h2-6H,1H3. The molecular formula is C12H8ClF2NO. The van der Waals surface area contributed by atoms with Crippen LogP contribution in [-0.2, 0) is 0 Å². The third-order valence-corrected chi connectivity index (χ3v) is 2.34. The minimum Gasteiger partial charge on any atom is -0.454 e. The van der Waals surface area contributed by atoms with Gasteiger partial charge in [0.05, 0.1) is 0 Å². The maximum atomic E-state index is 13.3. The fraction of sp³-hybridized carbons (Fsp3) is 0.0833. The monoisotopic (exact) mass is 255 g/mol. The number of pyridine rings is 1. The van der Waals surface area contributed by atoms with E-state index in [9.17, 15) is 8.78 Å². The molecule has 88 valence electrons. The summed E-state index contributed by atoms with van der Waals surface area (Å²) in [5, 5.41) is 0.224. The van der Waals surface area contributed by atoms with Crippen LogP contribution in [0.5, 0.6) is 11.5 Å². The molecule has 17 heavy (non-hydrogen) atoms. The Bertz CT molecular complexity index is 511. The summed E-state index contributed by atoms with van der Waals surface area (Å²) in [5.41, 5.74) is 0.679. The van der Waals surface area contributed by atoms with Crippen LogP contribution >= 0.6 is 11.6 Å². The lowest BCUT2D eigenvalue weighted by Crippen LogP contribution is -1.92. The highest BCUT2D eigenvalue weighted by Gasteiger charge is 2.09. The van der Waals surface area contributed by atoms with E-state index < -0.39 is 11.6 Å². The number of aryl methyl sites for hydroxylation is 1. The predicted octanol–water partition coefficient (Wildman–Crippen LogP) is 4.11. The van der Waals surface area contributed by atoms with Crippen LogP contribution in [0, 0.1) is 18.6 Å². The highest BCUT2D eigenvalue weighted by Crippen LogP contribution is 2.28. The molecule has 1 heterocycles. The SMILES string of the molecule is Cc1cnc(Cl)cc1Oc1cc(F)ccc1F. The summed E-state index contributed by atoms with van der Waals surface area (Å²) in [6.07, 6.45) is 1.49. The fourth-order valence-corrected chi connectivity index (χ4v) is 1.41. The number of aromatic nitrogens is 1. The summed E-state index contributed by atoms with van der Waals surface area (Å²) >= 11 is 5.70. The van der Waals surface area contributed by atoms with Crippen molar-refractivity contribution < 1.29 is 13.5 Å². The van der Waals surface area contributed by atoms with E-state index in [1.54, 1.807) is 6.92 Å².